The third-order valence-electron chi connectivity index (χ3n) is 4.77. The van der Waals surface area contributed by atoms with Crippen LogP contribution in [0, 0.1) is 0 Å². The van der Waals surface area contributed by atoms with Crippen LogP contribution in [-0.2, 0) is 0 Å². The van der Waals surface area contributed by atoms with Crippen LogP contribution in [0.25, 0.3) is 21.2 Å². The van der Waals surface area contributed by atoms with E-state index in [1.165, 1.54) is 11.3 Å². The van der Waals surface area contributed by atoms with Crippen molar-refractivity contribution in [3.63, 3.8) is 0 Å². The maximum atomic E-state index is 13.4. The highest BCUT2D eigenvalue weighted by Gasteiger charge is 2.25. The number of hydrogen-bond acceptors (Lipinski definition) is 6. The second-order valence-electron chi connectivity index (χ2n) is 7.19. The van der Waals surface area contributed by atoms with Gasteiger partial charge in [0.25, 0.3) is 5.91 Å². The Balaban J connectivity index is 1.74. The number of methoxy groups -OCH3 is 1. The molecule has 4 aromatic rings. The highest BCUT2D eigenvalue weighted by atomic mass is 35.5. The van der Waals surface area contributed by atoms with Gasteiger partial charge < -0.3 is 14.1 Å². The number of anilines is 1. The lowest BCUT2D eigenvalue weighted by Gasteiger charge is -2.19. The second-order valence-corrected chi connectivity index (χ2v) is 8.57. The number of rotatable bonds is 7. The standard InChI is InChI=1S/C22H22ClN3O3S/c1-25(2)11-6-12-26(21(27)18-13-14-7-4-5-8-16(14)29-18)22-24-19-17(28-3)10-9-15(23)20(19)30-22/h4-5,7-10,13H,6,11-12H2,1-3H3. The van der Waals surface area contributed by atoms with Gasteiger partial charge in [-0.05, 0) is 51.3 Å². The molecule has 0 spiro atoms. The smallest absolute Gasteiger partial charge is 0.295 e. The zero-order valence-corrected chi connectivity index (χ0v) is 18.6. The number of carbonyl (C=O) groups excluding carboxylic acids is 1. The minimum Gasteiger partial charge on any atom is -0.494 e. The lowest BCUT2D eigenvalue weighted by molar-refractivity contribution is 0.0961. The summed E-state index contributed by atoms with van der Waals surface area (Å²) < 4.78 is 12.0. The average molecular weight is 444 g/mol. The molecule has 0 saturated heterocycles. The Morgan fingerprint density at radius 3 is 2.73 bits per heavy atom. The first-order valence-corrected chi connectivity index (χ1v) is 10.8. The van der Waals surface area contributed by atoms with Gasteiger partial charge in [0.05, 0.1) is 16.8 Å². The van der Waals surface area contributed by atoms with E-state index in [0.29, 0.717) is 39.3 Å². The predicted molar refractivity (Wildman–Crippen MR) is 122 cm³/mol. The van der Waals surface area contributed by atoms with Gasteiger partial charge in [0.15, 0.2) is 10.9 Å². The zero-order valence-electron chi connectivity index (χ0n) is 17.0. The average Bonchev–Trinajstić information content (AvgIpc) is 3.36. The largest absolute Gasteiger partial charge is 0.494 e. The number of amides is 1. The van der Waals surface area contributed by atoms with Crippen molar-refractivity contribution < 1.29 is 13.9 Å². The number of aromatic nitrogens is 1. The molecule has 2 aromatic carbocycles. The molecule has 156 valence electrons. The molecule has 0 atom stereocenters. The fourth-order valence-corrected chi connectivity index (χ4v) is 4.55. The van der Waals surface area contributed by atoms with Crippen molar-refractivity contribution in [3.05, 3.63) is 53.2 Å². The quantitative estimate of drug-likeness (QED) is 0.387. The van der Waals surface area contributed by atoms with Gasteiger partial charge in [0, 0.05) is 11.9 Å². The molecule has 8 heteroatoms. The summed E-state index contributed by atoms with van der Waals surface area (Å²) in [4.78, 5) is 21.9. The van der Waals surface area contributed by atoms with Crippen LogP contribution in [0.2, 0.25) is 5.02 Å². The van der Waals surface area contributed by atoms with Crippen LogP contribution in [0.4, 0.5) is 5.13 Å². The Bertz CT molecular complexity index is 1170. The fourth-order valence-electron chi connectivity index (χ4n) is 3.27. The normalized spacial score (nSPS) is 11.5. The number of furan rings is 1. The molecule has 0 aliphatic rings. The summed E-state index contributed by atoms with van der Waals surface area (Å²) in [6.07, 6.45) is 0.791. The van der Waals surface area contributed by atoms with Gasteiger partial charge in [0.2, 0.25) is 0 Å². The summed E-state index contributed by atoms with van der Waals surface area (Å²) >= 11 is 7.76. The molecule has 30 heavy (non-hydrogen) atoms. The predicted octanol–water partition coefficient (Wildman–Crippen LogP) is 5.30. The molecule has 0 fully saturated rings. The molecule has 1 amide bonds. The molecule has 0 aliphatic carbocycles. The minimum atomic E-state index is -0.223. The van der Waals surface area contributed by atoms with Gasteiger partial charge >= 0.3 is 0 Å². The number of carbonyl (C=O) groups is 1. The summed E-state index contributed by atoms with van der Waals surface area (Å²) in [6, 6.07) is 12.9. The van der Waals surface area contributed by atoms with Gasteiger partial charge in [-0.15, -0.1) is 0 Å². The molecule has 6 nitrogen and oxygen atoms in total. The van der Waals surface area contributed by atoms with E-state index in [1.54, 1.807) is 30.2 Å². The molecular weight excluding hydrogens is 422 g/mol. The third-order valence-corrected chi connectivity index (χ3v) is 6.31. The Hall–Kier alpha value is -2.61. The zero-order chi connectivity index (χ0) is 21.3. The van der Waals surface area contributed by atoms with Crippen LogP contribution in [-0.4, -0.2) is 50.1 Å². The monoisotopic (exact) mass is 443 g/mol. The molecule has 2 heterocycles. The van der Waals surface area contributed by atoms with E-state index in [9.17, 15) is 4.79 Å². The number of thiazole rings is 1. The highest BCUT2D eigenvalue weighted by Crippen LogP contribution is 2.39. The summed E-state index contributed by atoms with van der Waals surface area (Å²) in [5.41, 5.74) is 1.34. The molecule has 2 aromatic heterocycles. The first-order valence-electron chi connectivity index (χ1n) is 9.56. The van der Waals surface area contributed by atoms with E-state index < -0.39 is 0 Å². The highest BCUT2D eigenvalue weighted by molar-refractivity contribution is 7.23. The Morgan fingerprint density at radius 2 is 2.00 bits per heavy atom. The van der Waals surface area contributed by atoms with E-state index in [2.05, 4.69) is 4.90 Å². The number of ether oxygens (including phenoxy) is 1. The number of para-hydroxylation sites is 1. The lowest BCUT2D eigenvalue weighted by atomic mass is 10.2. The van der Waals surface area contributed by atoms with Crippen LogP contribution in [0.1, 0.15) is 17.0 Å². The van der Waals surface area contributed by atoms with Crippen LogP contribution in [0.3, 0.4) is 0 Å². The van der Waals surface area contributed by atoms with E-state index in [0.717, 1.165) is 23.1 Å². The number of halogens is 1. The van der Waals surface area contributed by atoms with Gasteiger partial charge in [-0.25, -0.2) is 4.98 Å². The molecule has 0 unspecified atom stereocenters. The number of nitrogens with zero attached hydrogens (tertiary/aromatic N) is 3. The Morgan fingerprint density at radius 1 is 1.20 bits per heavy atom. The minimum absolute atomic E-state index is 0.223. The van der Waals surface area contributed by atoms with Crippen LogP contribution in [0.5, 0.6) is 5.75 Å². The van der Waals surface area contributed by atoms with Crippen LogP contribution >= 0.6 is 22.9 Å². The second kappa shape index (κ2) is 8.63. The van der Waals surface area contributed by atoms with Crippen molar-refractivity contribution in [3.8, 4) is 5.75 Å². The van der Waals surface area contributed by atoms with Crippen molar-refractivity contribution in [1.29, 1.82) is 0 Å². The maximum Gasteiger partial charge on any atom is 0.295 e. The molecule has 0 N–H and O–H groups in total. The first-order chi connectivity index (χ1) is 14.5. The Kier molecular flexibility index (Phi) is 5.94. The molecule has 4 rings (SSSR count). The van der Waals surface area contributed by atoms with Crippen molar-refractivity contribution >= 4 is 55.2 Å². The molecular formula is C22H22ClN3O3S. The van der Waals surface area contributed by atoms with Crippen LogP contribution < -0.4 is 9.64 Å². The Labute approximate surface area is 183 Å². The number of hydrogen-bond donors (Lipinski definition) is 0. The lowest BCUT2D eigenvalue weighted by Crippen LogP contribution is -2.33. The van der Waals surface area contributed by atoms with Gasteiger partial charge in [-0.3, -0.25) is 9.69 Å². The SMILES string of the molecule is COc1ccc(Cl)c2sc(N(CCCN(C)C)C(=O)c3cc4ccccc4o3)nc12. The molecule has 0 bridgehead atoms. The van der Waals surface area contributed by atoms with Gasteiger partial charge in [-0.2, -0.15) is 0 Å². The topological polar surface area (TPSA) is 58.8 Å². The molecule has 0 radical (unpaired) electrons. The van der Waals surface area contributed by atoms with Crippen molar-refractivity contribution in [2.24, 2.45) is 0 Å². The van der Waals surface area contributed by atoms with E-state index in [-0.39, 0.29) is 5.91 Å². The first kappa shape index (κ1) is 20.7. The van der Waals surface area contributed by atoms with Crippen molar-refractivity contribution in [2.75, 3.05) is 39.2 Å². The van der Waals surface area contributed by atoms with Crippen molar-refractivity contribution in [1.82, 2.24) is 9.88 Å². The summed E-state index contributed by atoms with van der Waals surface area (Å²) in [7, 11) is 5.61. The number of fused-ring (bicyclic) bond motifs is 2. The van der Waals surface area contributed by atoms with E-state index in [1.807, 2.05) is 38.4 Å². The van der Waals surface area contributed by atoms with Crippen LogP contribution in [0.15, 0.2) is 46.9 Å². The van der Waals surface area contributed by atoms with E-state index >= 15 is 0 Å². The number of benzene rings is 2. The summed E-state index contributed by atoms with van der Waals surface area (Å²) in [6.45, 7) is 1.35. The third kappa shape index (κ3) is 4.01. The molecule has 0 aliphatic heterocycles. The van der Waals surface area contributed by atoms with Gasteiger partial charge in [0.1, 0.15) is 16.8 Å². The molecule has 0 saturated carbocycles. The van der Waals surface area contributed by atoms with E-state index in [4.69, 9.17) is 25.7 Å². The summed E-state index contributed by atoms with van der Waals surface area (Å²) in [5, 5.41) is 2.04. The fraction of sp³-hybridized carbons (Fsp3) is 0.273. The maximum absolute atomic E-state index is 13.4. The van der Waals surface area contributed by atoms with Gasteiger partial charge in [-0.1, -0.05) is 41.1 Å². The summed E-state index contributed by atoms with van der Waals surface area (Å²) in [5.74, 6) is 0.693. The van der Waals surface area contributed by atoms with Crippen molar-refractivity contribution in [2.45, 2.75) is 6.42 Å².